The van der Waals surface area contributed by atoms with Crippen LogP contribution in [0.4, 0.5) is 0 Å². The maximum atomic E-state index is 4.46. The van der Waals surface area contributed by atoms with Gasteiger partial charge >= 0.3 is 0 Å². The molecule has 2 aliphatic rings. The van der Waals surface area contributed by atoms with Crippen molar-refractivity contribution in [2.24, 2.45) is 5.92 Å². The number of hydrogen-bond acceptors (Lipinski definition) is 0. The highest BCUT2D eigenvalue weighted by atomic mass is 14.3. The Kier molecular flexibility index (Phi) is 7.30. The Morgan fingerprint density at radius 1 is 1.03 bits per heavy atom. The van der Waals surface area contributed by atoms with E-state index >= 15 is 0 Å². The maximum absolute atomic E-state index is 4.46. The lowest BCUT2D eigenvalue weighted by Gasteiger charge is -2.30. The van der Waals surface area contributed by atoms with Crippen LogP contribution in [-0.2, 0) is 0 Å². The first-order valence-corrected chi connectivity index (χ1v) is 12.5. The minimum Gasteiger partial charge on any atom is -0.0999 e. The Morgan fingerprint density at radius 3 is 2.66 bits per heavy atom. The van der Waals surface area contributed by atoms with Crippen molar-refractivity contribution >= 4 is 10.8 Å². The molecule has 0 heteroatoms. The molecule has 2 atom stereocenters. The summed E-state index contributed by atoms with van der Waals surface area (Å²) in [5.41, 5.74) is 8.33. The topological polar surface area (TPSA) is 0 Å². The lowest BCUT2D eigenvalue weighted by Crippen LogP contribution is -2.13. The van der Waals surface area contributed by atoms with Crippen LogP contribution in [0, 0.1) is 5.92 Å². The summed E-state index contributed by atoms with van der Waals surface area (Å²) in [4.78, 5) is 0. The van der Waals surface area contributed by atoms with Crippen molar-refractivity contribution in [3.63, 3.8) is 0 Å². The van der Waals surface area contributed by atoms with E-state index in [0.29, 0.717) is 11.8 Å². The van der Waals surface area contributed by atoms with Crippen molar-refractivity contribution in [2.45, 2.75) is 70.6 Å². The molecule has 0 nitrogen and oxygen atoms in total. The Hall–Kier alpha value is -2.60. The summed E-state index contributed by atoms with van der Waals surface area (Å²) in [6.45, 7) is 15.5. The van der Waals surface area contributed by atoms with Gasteiger partial charge in [0.25, 0.3) is 0 Å². The van der Waals surface area contributed by atoms with Gasteiger partial charge in [0, 0.05) is 5.92 Å². The van der Waals surface area contributed by atoms with Gasteiger partial charge in [-0.05, 0) is 102 Å². The van der Waals surface area contributed by atoms with Gasteiger partial charge in [-0.2, -0.15) is 0 Å². The zero-order chi connectivity index (χ0) is 22.5. The fourth-order valence-electron chi connectivity index (χ4n) is 5.52. The van der Waals surface area contributed by atoms with E-state index < -0.39 is 0 Å². The molecule has 0 radical (unpaired) electrons. The number of benzene rings is 2. The molecule has 0 aromatic heterocycles. The van der Waals surface area contributed by atoms with E-state index in [1.165, 1.54) is 82.7 Å². The second-order valence-corrected chi connectivity index (χ2v) is 9.74. The van der Waals surface area contributed by atoms with E-state index in [1.54, 1.807) is 0 Å². The molecule has 0 saturated carbocycles. The minimum atomic E-state index is 0.470. The standard InChI is InChI=1S/C32H38/c1-5-26(31-21-19-28-12-6-7-13-30(28)22-31)17-16-23(2)10-8-14-27-18-20-29-15-9-11-24(3)32(29)25(27)4/h6-7,12-13,18-22,26-27H,2-5,8-11,14-17H2,1H3. The number of fused-ring (bicyclic) bond motifs is 1. The number of rotatable bonds is 9. The molecule has 0 fully saturated rings. The predicted octanol–water partition coefficient (Wildman–Crippen LogP) is 9.62. The van der Waals surface area contributed by atoms with Crippen LogP contribution >= 0.6 is 0 Å². The zero-order valence-electron chi connectivity index (χ0n) is 19.8. The van der Waals surface area contributed by atoms with E-state index in [1.807, 2.05) is 0 Å². The summed E-state index contributed by atoms with van der Waals surface area (Å²) in [6.07, 6.45) is 15.3. The third kappa shape index (κ3) is 5.07. The summed E-state index contributed by atoms with van der Waals surface area (Å²) in [5, 5.41) is 2.68. The van der Waals surface area contributed by atoms with Gasteiger partial charge in [-0.15, -0.1) is 0 Å². The van der Waals surface area contributed by atoms with Crippen molar-refractivity contribution in [2.75, 3.05) is 0 Å². The van der Waals surface area contributed by atoms with Crippen LogP contribution in [0.2, 0.25) is 0 Å². The van der Waals surface area contributed by atoms with Crippen LogP contribution < -0.4 is 0 Å². The number of allylic oxidation sites excluding steroid dienone is 7. The SMILES string of the molecule is C=C(CCCC1C=CC2=C(C(=C)CCC2)C1=C)CCC(CC)c1ccc2ccccc2c1. The van der Waals surface area contributed by atoms with Crippen LogP contribution in [0.5, 0.6) is 0 Å². The molecule has 2 aliphatic carbocycles. The van der Waals surface area contributed by atoms with E-state index in [4.69, 9.17) is 0 Å². The molecule has 0 spiro atoms. The highest BCUT2D eigenvalue weighted by Crippen LogP contribution is 2.41. The molecule has 0 amide bonds. The molecule has 0 bridgehead atoms. The smallest absolute Gasteiger partial charge is 0.00215 e. The highest BCUT2D eigenvalue weighted by molar-refractivity contribution is 5.83. The molecule has 0 aliphatic heterocycles. The van der Waals surface area contributed by atoms with Gasteiger partial charge in [0.15, 0.2) is 0 Å². The summed E-state index contributed by atoms with van der Waals surface area (Å²) in [7, 11) is 0. The first-order valence-electron chi connectivity index (χ1n) is 12.5. The average molecular weight is 423 g/mol. The first-order chi connectivity index (χ1) is 15.6. The maximum Gasteiger partial charge on any atom is 0.00215 e. The minimum absolute atomic E-state index is 0.470. The van der Waals surface area contributed by atoms with Crippen LogP contribution in [0.25, 0.3) is 10.8 Å². The number of hydrogen-bond donors (Lipinski definition) is 0. The highest BCUT2D eigenvalue weighted by Gasteiger charge is 2.24. The zero-order valence-corrected chi connectivity index (χ0v) is 19.8. The summed E-state index contributed by atoms with van der Waals surface area (Å²) in [6, 6.07) is 15.6. The van der Waals surface area contributed by atoms with Crippen LogP contribution in [0.15, 0.2) is 102 Å². The van der Waals surface area contributed by atoms with E-state index in [9.17, 15) is 0 Å². The summed E-state index contributed by atoms with van der Waals surface area (Å²) < 4.78 is 0. The third-order valence-corrected chi connectivity index (χ3v) is 7.53. The van der Waals surface area contributed by atoms with Crippen molar-refractivity contribution in [1.29, 1.82) is 0 Å². The molecule has 0 saturated heterocycles. The van der Waals surface area contributed by atoms with Gasteiger partial charge in [0.1, 0.15) is 0 Å². The fraction of sp³-hybridized carbons (Fsp3) is 0.375. The average Bonchev–Trinajstić information content (AvgIpc) is 2.81. The molecule has 166 valence electrons. The van der Waals surface area contributed by atoms with E-state index in [0.717, 1.165) is 19.3 Å². The van der Waals surface area contributed by atoms with Gasteiger partial charge in [0.2, 0.25) is 0 Å². The molecular formula is C32H38. The molecule has 0 N–H and O–H groups in total. The lowest BCUT2D eigenvalue weighted by molar-refractivity contribution is 0.577. The summed E-state index contributed by atoms with van der Waals surface area (Å²) in [5.74, 6) is 1.08. The Balaban J connectivity index is 1.26. The molecule has 32 heavy (non-hydrogen) atoms. The fourth-order valence-corrected chi connectivity index (χ4v) is 5.52. The second kappa shape index (κ2) is 10.3. The molecule has 0 heterocycles. The first kappa shape index (κ1) is 22.6. The van der Waals surface area contributed by atoms with Crippen molar-refractivity contribution in [3.05, 3.63) is 108 Å². The van der Waals surface area contributed by atoms with Gasteiger partial charge in [-0.3, -0.25) is 0 Å². The van der Waals surface area contributed by atoms with Crippen LogP contribution in [-0.4, -0.2) is 0 Å². The third-order valence-electron chi connectivity index (χ3n) is 7.53. The molecular weight excluding hydrogens is 384 g/mol. The normalized spacial score (nSPS) is 19.3. The van der Waals surface area contributed by atoms with Crippen LogP contribution in [0.3, 0.4) is 0 Å². The Morgan fingerprint density at radius 2 is 1.84 bits per heavy atom. The van der Waals surface area contributed by atoms with Gasteiger partial charge in [-0.25, -0.2) is 0 Å². The molecule has 2 unspecified atom stereocenters. The van der Waals surface area contributed by atoms with E-state index in [2.05, 4.69) is 81.3 Å². The van der Waals surface area contributed by atoms with Crippen molar-refractivity contribution in [1.82, 2.24) is 0 Å². The van der Waals surface area contributed by atoms with Crippen molar-refractivity contribution in [3.8, 4) is 0 Å². The largest absolute Gasteiger partial charge is 0.0999 e. The molecule has 2 aromatic rings. The quantitative estimate of drug-likeness (QED) is 0.353. The van der Waals surface area contributed by atoms with Crippen molar-refractivity contribution < 1.29 is 0 Å². The van der Waals surface area contributed by atoms with Gasteiger partial charge < -0.3 is 0 Å². The van der Waals surface area contributed by atoms with E-state index in [-0.39, 0.29) is 0 Å². The molecule has 2 aromatic carbocycles. The Labute approximate surface area is 195 Å². The molecule has 4 rings (SSSR count). The lowest BCUT2D eigenvalue weighted by atomic mass is 9.75. The second-order valence-electron chi connectivity index (χ2n) is 9.74. The summed E-state index contributed by atoms with van der Waals surface area (Å²) >= 11 is 0. The van der Waals surface area contributed by atoms with Gasteiger partial charge in [-0.1, -0.05) is 86.9 Å². The van der Waals surface area contributed by atoms with Gasteiger partial charge in [0.05, 0.1) is 0 Å². The van der Waals surface area contributed by atoms with Crippen LogP contribution in [0.1, 0.15) is 76.2 Å². The monoisotopic (exact) mass is 422 g/mol. The predicted molar refractivity (Wildman–Crippen MR) is 141 cm³/mol. The Bertz CT molecular complexity index is 1070.